The van der Waals surface area contributed by atoms with Crippen LogP contribution in [-0.2, 0) is 14.6 Å². The average molecular weight is 390 g/mol. The van der Waals surface area contributed by atoms with E-state index in [4.69, 9.17) is 4.74 Å². The third-order valence-electron chi connectivity index (χ3n) is 4.50. The highest BCUT2D eigenvalue weighted by atomic mass is 32.2. The fraction of sp³-hybridized carbons (Fsp3) is 0.389. The highest BCUT2D eigenvalue weighted by Crippen LogP contribution is 2.25. The average Bonchev–Trinajstić information content (AvgIpc) is 3.02. The number of esters is 1. The van der Waals surface area contributed by atoms with Gasteiger partial charge in [-0.1, -0.05) is 12.1 Å². The Morgan fingerprint density at radius 1 is 1.33 bits per heavy atom. The predicted octanol–water partition coefficient (Wildman–Crippen LogP) is 2.02. The van der Waals surface area contributed by atoms with Gasteiger partial charge in [-0.3, -0.25) is 0 Å². The van der Waals surface area contributed by atoms with Crippen LogP contribution in [0.3, 0.4) is 0 Å². The summed E-state index contributed by atoms with van der Waals surface area (Å²) in [4.78, 5) is 22.6. The number of aromatic nitrogens is 2. The molecule has 0 bridgehead atoms. The van der Waals surface area contributed by atoms with Gasteiger partial charge in [0.1, 0.15) is 5.82 Å². The summed E-state index contributed by atoms with van der Waals surface area (Å²) < 4.78 is 28.4. The number of carbonyl (C=O) groups is 1. The van der Waals surface area contributed by atoms with E-state index in [1.54, 1.807) is 36.5 Å². The monoisotopic (exact) mass is 390 g/mol. The molecule has 3 rings (SSSR count). The first-order chi connectivity index (χ1) is 12.9. The van der Waals surface area contributed by atoms with Crippen LogP contribution in [0.5, 0.6) is 0 Å². The maximum atomic E-state index is 11.9. The number of nitrogens with one attached hydrogen (secondary N) is 1. The first-order valence-corrected chi connectivity index (χ1v) is 10.5. The van der Waals surface area contributed by atoms with Crippen LogP contribution >= 0.6 is 0 Å². The highest BCUT2D eigenvalue weighted by Gasteiger charge is 2.32. The maximum Gasteiger partial charge on any atom is 0.339 e. The number of rotatable bonds is 6. The smallest absolute Gasteiger partial charge is 0.339 e. The molecule has 1 saturated heterocycles. The van der Waals surface area contributed by atoms with Gasteiger partial charge in [-0.15, -0.1) is 0 Å². The molecule has 1 N–H and O–H groups in total. The second kappa shape index (κ2) is 7.91. The number of benzene rings is 1. The largest absolute Gasteiger partial charge is 0.465 e. The molecule has 0 radical (unpaired) electrons. The third-order valence-corrected chi connectivity index (χ3v) is 6.25. The molecular formula is C18H22N4O4S. The molecule has 0 aliphatic carbocycles. The predicted molar refractivity (Wildman–Crippen MR) is 103 cm³/mol. The number of nitrogens with zero attached hydrogens (tertiary/aromatic N) is 3. The minimum Gasteiger partial charge on any atom is -0.465 e. The van der Waals surface area contributed by atoms with Gasteiger partial charge in [0.05, 0.1) is 29.9 Å². The van der Waals surface area contributed by atoms with E-state index in [0.29, 0.717) is 36.0 Å². The van der Waals surface area contributed by atoms with Crippen LogP contribution in [0.2, 0.25) is 0 Å². The maximum absolute atomic E-state index is 11.9. The Balaban J connectivity index is 1.85. The second-order valence-electron chi connectivity index (χ2n) is 6.24. The molecule has 144 valence electrons. The van der Waals surface area contributed by atoms with E-state index in [1.807, 2.05) is 11.8 Å². The van der Waals surface area contributed by atoms with Crippen molar-refractivity contribution >= 4 is 33.3 Å². The van der Waals surface area contributed by atoms with Crippen molar-refractivity contribution in [2.75, 3.05) is 35.4 Å². The van der Waals surface area contributed by atoms with E-state index in [0.717, 1.165) is 0 Å². The molecule has 1 aliphatic heterocycles. The van der Waals surface area contributed by atoms with Crippen LogP contribution in [0.1, 0.15) is 23.7 Å². The number of ether oxygens (including phenoxy) is 1. The van der Waals surface area contributed by atoms with Gasteiger partial charge >= 0.3 is 5.97 Å². The summed E-state index contributed by atoms with van der Waals surface area (Å²) in [6.07, 6.45) is 2.20. The highest BCUT2D eigenvalue weighted by molar-refractivity contribution is 7.91. The topological polar surface area (TPSA) is 101 Å². The van der Waals surface area contributed by atoms with Gasteiger partial charge in [0.2, 0.25) is 5.95 Å². The SMILES string of the molecule is CCN(c1ccnc(Nc2ccccc2C(=O)OC)n1)C1CCS(=O)(=O)C1. The van der Waals surface area contributed by atoms with E-state index >= 15 is 0 Å². The van der Waals surface area contributed by atoms with Crippen molar-refractivity contribution in [1.29, 1.82) is 0 Å². The molecule has 1 aromatic carbocycles. The Morgan fingerprint density at radius 3 is 2.78 bits per heavy atom. The van der Waals surface area contributed by atoms with Crippen LogP contribution in [0, 0.1) is 0 Å². The molecular weight excluding hydrogens is 368 g/mol. The molecule has 27 heavy (non-hydrogen) atoms. The van der Waals surface area contributed by atoms with Gasteiger partial charge in [-0.2, -0.15) is 4.98 Å². The molecule has 0 amide bonds. The van der Waals surface area contributed by atoms with Crippen LogP contribution in [0.25, 0.3) is 0 Å². The first kappa shape index (κ1) is 19.1. The lowest BCUT2D eigenvalue weighted by Crippen LogP contribution is -2.36. The van der Waals surface area contributed by atoms with Crippen molar-refractivity contribution in [1.82, 2.24) is 9.97 Å². The Kier molecular flexibility index (Phi) is 5.59. The lowest BCUT2D eigenvalue weighted by atomic mass is 10.2. The number of carbonyl (C=O) groups excluding carboxylic acids is 1. The van der Waals surface area contributed by atoms with Gasteiger partial charge in [-0.05, 0) is 31.5 Å². The second-order valence-corrected chi connectivity index (χ2v) is 8.47. The Bertz CT molecular complexity index is 932. The normalized spacial score (nSPS) is 18.1. The standard InChI is InChI=1S/C18H22N4O4S/c1-3-22(13-9-11-27(24,25)12-13)16-8-10-19-18(21-16)20-15-7-5-4-6-14(15)17(23)26-2/h4-8,10,13H,3,9,11-12H2,1-2H3,(H,19,20,21). The molecule has 1 atom stereocenters. The van der Waals surface area contributed by atoms with Gasteiger partial charge in [0.15, 0.2) is 9.84 Å². The summed E-state index contributed by atoms with van der Waals surface area (Å²) in [6.45, 7) is 2.60. The molecule has 1 fully saturated rings. The van der Waals surface area contributed by atoms with Gasteiger partial charge in [-0.25, -0.2) is 18.2 Å². The van der Waals surface area contributed by atoms with E-state index < -0.39 is 15.8 Å². The van der Waals surface area contributed by atoms with Crippen molar-refractivity contribution < 1.29 is 17.9 Å². The molecule has 1 unspecified atom stereocenters. The Morgan fingerprint density at radius 2 is 2.11 bits per heavy atom. The zero-order valence-electron chi connectivity index (χ0n) is 15.3. The fourth-order valence-corrected chi connectivity index (χ4v) is 4.93. The van der Waals surface area contributed by atoms with Crippen LogP contribution in [0.4, 0.5) is 17.5 Å². The fourth-order valence-electron chi connectivity index (χ4n) is 3.20. The minimum atomic E-state index is -2.99. The molecule has 9 heteroatoms. The Labute approximate surface area is 158 Å². The quantitative estimate of drug-likeness (QED) is 0.748. The van der Waals surface area contributed by atoms with Crippen molar-refractivity contribution in [2.24, 2.45) is 0 Å². The van der Waals surface area contributed by atoms with Crippen molar-refractivity contribution in [3.63, 3.8) is 0 Å². The van der Waals surface area contributed by atoms with Crippen LogP contribution in [-0.4, -0.2) is 55.6 Å². The van der Waals surface area contributed by atoms with Gasteiger partial charge in [0.25, 0.3) is 0 Å². The molecule has 1 aliphatic rings. The van der Waals surface area contributed by atoms with E-state index in [1.165, 1.54) is 7.11 Å². The molecule has 0 saturated carbocycles. The summed E-state index contributed by atoms with van der Waals surface area (Å²) in [5.41, 5.74) is 0.913. The number of para-hydroxylation sites is 1. The van der Waals surface area contributed by atoms with Crippen molar-refractivity contribution in [3.05, 3.63) is 42.1 Å². The number of hydrogen-bond donors (Lipinski definition) is 1. The molecule has 8 nitrogen and oxygen atoms in total. The van der Waals surface area contributed by atoms with Crippen LogP contribution in [0.15, 0.2) is 36.5 Å². The van der Waals surface area contributed by atoms with Crippen molar-refractivity contribution in [3.8, 4) is 0 Å². The number of anilines is 3. The molecule has 2 aromatic rings. The molecule has 2 heterocycles. The summed E-state index contributed by atoms with van der Waals surface area (Å²) in [5.74, 6) is 0.853. The van der Waals surface area contributed by atoms with E-state index in [9.17, 15) is 13.2 Å². The van der Waals surface area contributed by atoms with E-state index in [-0.39, 0.29) is 17.5 Å². The summed E-state index contributed by atoms with van der Waals surface area (Å²) in [6, 6.07) is 8.59. The summed E-state index contributed by atoms with van der Waals surface area (Å²) in [7, 11) is -1.66. The Hall–Kier alpha value is -2.68. The summed E-state index contributed by atoms with van der Waals surface area (Å²) >= 11 is 0. The van der Waals surface area contributed by atoms with E-state index in [2.05, 4.69) is 15.3 Å². The molecule has 1 aromatic heterocycles. The van der Waals surface area contributed by atoms with Gasteiger partial charge < -0.3 is 15.0 Å². The first-order valence-electron chi connectivity index (χ1n) is 8.68. The summed E-state index contributed by atoms with van der Waals surface area (Å²) in [5, 5.41) is 3.05. The van der Waals surface area contributed by atoms with Gasteiger partial charge in [0, 0.05) is 18.8 Å². The van der Waals surface area contributed by atoms with Crippen molar-refractivity contribution in [2.45, 2.75) is 19.4 Å². The third kappa shape index (κ3) is 4.36. The van der Waals surface area contributed by atoms with Crippen LogP contribution < -0.4 is 10.2 Å². The lowest BCUT2D eigenvalue weighted by Gasteiger charge is -2.28. The lowest BCUT2D eigenvalue weighted by molar-refractivity contribution is 0.0602. The molecule has 0 spiro atoms. The zero-order valence-corrected chi connectivity index (χ0v) is 16.1. The zero-order chi connectivity index (χ0) is 19.4. The minimum absolute atomic E-state index is 0.0925. The number of sulfone groups is 1. The number of hydrogen-bond acceptors (Lipinski definition) is 8. The number of methoxy groups -OCH3 is 1.